The molecule has 0 aliphatic carbocycles. The number of anilines is 2. The van der Waals surface area contributed by atoms with E-state index in [0.717, 1.165) is 11.1 Å². The Labute approximate surface area is 190 Å². The normalized spacial score (nSPS) is 22.1. The first-order valence-electron chi connectivity index (χ1n) is 10.6. The molecule has 0 unspecified atom stereocenters. The third-order valence-corrected chi connectivity index (χ3v) is 6.14. The van der Waals surface area contributed by atoms with Gasteiger partial charge in [0.05, 0.1) is 22.3 Å². The summed E-state index contributed by atoms with van der Waals surface area (Å²) in [5.74, 6) is -1.67. The highest BCUT2D eigenvalue weighted by Crippen LogP contribution is 2.48. The summed E-state index contributed by atoms with van der Waals surface area (Å²) < 4.78 is 0. The van der Waals surface area contributed by atoms with Gasteiger partial charge >= 0.3 is 0 Å². The minimum Gasteiger partial charge on any atom is -0.273 e. The molecular weight excluding hydrogens is 422 g/mol. The number of benzene rings is 3. The number of nitro benzene ring substituents is 1. The van der Waals surface area contributed by atoms with E-state index in [4.69, 9.17) is 4.84 Å². The number of imide groups is 1. The van der Waals surface area contributed by atoms with Crippen molar-refractivity contribution in [2.24, 2.45) is 5.92 Å². The van der Waals surface area contributed by atoms with Gasteiger partial charge < -0.3 is 0 Å². The topological polar surface area (TPSA) is 93.0 Å². The van der Waals surface area contributed by atoms with Crippen molar-refractivity contribution < 1.29 is 19.3 Å². The predicted octanol–water partition coefficient (Wildman–Crippen LogP) is 4.26. The molecule has 2 aliphatic rings. The molecule has 0 radical (unpaired) electrons. The molecule has 2 heterocycles. The minimum absolute atomic E-state index is 0.0908. The van der Waals surface area contributed by atoms with Gasteiger partial charge in [-0.25, -0.2) is 9.96 Å². The molecule has 2 saturated heterocycles. The number of carbonyl (C=O) groups is 2. The minimum atomic E-state index is -1.03. The molecule has 3 aromatic rings. The fourth-order valence-corrected chi connectivity index (χ4v) is 4.67. The maximum absolute atomic E-state index is 13.7. The molecule has 2 amide bonds. The third kappa shape index (κ3) is 3.35. The second kappa shape index (κ2) is 7.83. The van der Waals surface area contributed by atoms with Crippen LogP contribution in [-0.4, -0.2) is 22.8 Å². The second-order valence-corrected chi connectivity index (χ2v) is 8.31. The molecule has 0 bridgehead atoms. The van der Waals surface area contributed by atoms with Crippen LogP contribution in [0.3, 0.4) is 0 Å². The Morgan fingerprint density at radius 1 is 0.909 bits per heavy atom. The number of carbonyl (C=O) groups excluding carboxylic acids is 2. The summed E-state index contributed by atoms with van der Waals surface area (Å²) in [6.45, 7) is 3.80. The van der Waals surface area contributed by atoms with Crippen LogP contribution in [0.2, 0.25) is 0 Å². The highest BCUT2D eigenvalue weighted by molar-refractivity contribution is 6.24. The Morgan fingerprint density at radius 3 is 2.36 bits per heavy atom. The van der Waals surface area contributed by atoms with E-state index in [-0.39, 0.29) is 11.6 Å². The van der Waals surface area contributed by atoms with Crippen LogP contribution in [0.15, 0.2) is 72.8 Å². The van der Waals surface area contributed by atoms with Crippen LogP contribution in [0, 0.1) is 29.9 Å². The number of non-ortho nitro benzene ring substituents is 1. The molecule has 8 nitrogen and oxygen atoms in total. The van der Waals surface area contributed by atoms with Crippen molar-refractivity contribution in [2.75, 3.05) is 9.96 Å². The Bertz CT molecular complexity index is 1280. The van der Waals surface area contributed by atoms with Crippen LogP contribution in [0.4, 0.5) is 17.1 Å². The molecule has 3 aromatic carbocycles. The summed E-state index contributed by atoms with van der Waals surface area (Å²) in [7, 11) is 0. The van der Waals surface area contributed by atoms with Gasteiger partial charge in [-0.15, -0.1) is 0 Å². The van der Waals surface area contributed by atoms with Crippen molar-refractivity contribution in [1.82, 2.24) is 0 Å². The first-order chi connectivity index (χ1) is 15.9. The van der Waals surface area contributed by atoms with Crippen LogP contribution >= 0.6 is 0 Å². The molecule has 0 N–H and O–H groups in total. The number of amides is 2. The van der Waals surface area contributed by atoms with Gasteiger partial charge in [0.25, 0.3) is 11.6 Å². The number of hydrogen-bond donors (Lipinski definition) is 0. The Morgan fingerprint density at radius 2 is 1.67 bits per heavy atom. The Kier molecular flexibility index (Phi) is 4.94. The van der Waals surface area contributed by atoms with Gasteiger partial charge in [-0.3, -0.25) is 24.5 Å². The van der Waals surface area contributed by atoms with Crippen LogP contribution in [0.25, 0.3) is 0 Å². The zero-order chi connectivity index (χ0) is 23.3. The van der Waals surface area contributed by atoms with Crippen LogP contribution in [-0.2, 0) is 14.4 Å². The number of rotatable bonds is 4. The fraction of sp³-hybridized carbons (Fsp3) is 0.200. The lowest BCUT2D eigenvalue weighted by Gasteiger charge is -2.29. The maximum Gasteiger partial charge on any atom is 0.269 e. The number of nitrogens with zero attached hydrogens (tertiary/aromatic N) is 3. The predicted molar refractivity (Wildman–Crippen MR) is 122 cm³/mol. The van der Waals surface area contributed by atoms with Crippen molar-refractivity contribution in [3.63, 3.8) is 0 Å². The van der Waals surface area contributed by atoms with E-state index < -0.39 is 28.9 Å². The first kappa shape index (κ1) is 20.8. The standard InChI is InChI=1S/C25H21N3O5/c1-15-11-12-20(16(2)13-15)26-24(29)21-22(17-7-6-10-19(14-17)28(31)32)27(33-23(21)25(26)30)18-8-4-3-5-9-18/h3-14,21-23H,1-2H3/t21-,22-,23-/m1/s1. The Balaban J connectivity index is 1.61. The summed E-state index contributed by atoms with van der Waals surface area (Å²) >= 11 is 0. The van der Waals surface area contributed by atoms with Gasteiger partial charge in [-0.05, 0) is 43.2 Å². The fourth-order valence-electron chi connectivity index (χ4n) is 4.67. The zero-order valence-electron chi connectivity index (χ0n) is 18.0. The quantitative estimate of drug-likeness (QED) is 0.340. The van der Waals surface area contributed by atoms with Crippen molar-refractivity contribution in [3.05, 3.63) is 99.6 Å². The second-order valence-electron chi connectivity index (χ2n) is 8.31. The number of aryl methyl sites for hydroxylation is 2. The van der Waals surface area contributed by atoms with Gasteiger partial charge in [-0.1, -0.05) is 48.0 Å². The van der Waals surface area contributed by atoms with E-state index in [1.165, 1.54) is 22.1 Å². The number of fused-ring (bicyclic) bond motifs is 1. The molecular formula is C25H21N3O5. The third-order valence-electron chi connectivity index (χ3n) is 6.14. The van der Waals surface area contributed by atoms with Gasteiger partial charge in [-0.2, -0.15) is 0 Å². The van der Waals surface area contributed by atoms with Gasteiger partial charge in [0, 0.05) is 12.1 Å². The SMILES string of the molecule is Cc1ccc(N2C(=O)[C@@H]3[C@@H](c4cccc([N+](=O)[O-])c4)N(c4ccccc4)O[C@H]3C2=O)c(C)c1. The maximum atomic E-state index is 13.7. The highest BCUT2D eigenvalue weighted by Gasteiger charge is 2.60. The molecule has 2 fully saturated rings. The van der Waals surface area contributed by atoms with Crippen molar-refractivity contribution in [2.45, 2.75) is 26.0 Å². The van der Waals surface area contributed by atoms with E-state index in [1.807, 2.05) is 56.3 Å². The Hall–Kier alpha value is -4.04. The molecule has 33 heavy (non-hydrogen) atoms. The lowest BCUT2D eigenvalue weighted by atomic mass is 9.90. The molecule has 8 heteroatoms. The summed E-state index contributed by atoms with van der Waals surface area (Å²) in [5, 5.41) is 12.9. The highest BCUT2D eigenvalue weighted by atomic mass is 16.7. The van der Waals surface area contributed by atoms with Gasteiger partial charge in [0.15, 0.2) is 6.10 Å². The van der Waals surface area contributed by atoms with Crippen LogP contribution in [0.1, 0.15) is 22.7 Å². The number of hydrogen-bond acceptors (Lipinski definition) is 6. The molecule has 2 aliphatic heterocycles. The largest absolute Gasteiger partial charge is 0.273 e. The number of hydroxylamine groups is 1. The first-order valence-corrected chi connectivity index (χ1v) is 10.6. The van der Waals surface area contributed by atoms with Crippen LogP contribution < -0.4 is 9.96 Å². The molecule has 166 valence electrons. The lowest BCUT2D eigenvalue weighted by Crippen LogP contribution is -2.37. The van der Waals surface area contributed by atoms with E-state index in [0.29, 0.717) is 16.9 Å². The molecule has 0 saturated carbocycles. The van der Waals surface area contributed by atoms with Gasteiger partial charge in [0.1, 0.15) is 5.92 Å². The van der Waals surface area contributed by atoms with Gasteiger partial charge in [0.2, 0.25) is 5.91 Å². The smallest absolute Gasteiger partial charge is 0.269 e. The zero-order valence-corrected chi connectivity index (χ0v) is 18.0. The van der Waals surface area contributed by atoms with Crippen molar-refractivity contribution in [3.8, 4) is 0 Å². The van der Waals surface area contributed by atoms with E-state index >= 15 is 0 Å². The monoisotopic (exact) mass is 443 g/mol. The molecule has 5 rings (SSSR count). The summed E-state index contributed by atoms with van der Waals surface area (Å²) in [5.41, 5.74) is 3.45. The molecule has 0 spiro atoms. The molecule has 0 aromatic heterocycles. The van der Waals surface area contributed by atoms with E-state index in [9.17, 15) is 19.7 Å². The van der Waals surface area contributed by atoms with Crippen molar-refractivity contribution in [1.29, 1.82) is 0 Å². The number of nitro groups is 1. The summed E-state index contributed by atoms with van der Waals surface area (Å²) in [4.78, 5) is 45.3. The van der Waals surface area contributed by atoms with Crippen molar-refractivity contribution >= 4 is 28.9 Å². The summed E-state index contributed by atoms with van der Waals surface area (Å²) in [6.07, 6.45) is -1.03. The molecule has 3 atom stereocenters. The van der Waals surface area contributed by atoms with E-state index in [1.54, 1.807) is 18.2 Å². The summed E-state index contributed by atoms with van der Waals surface area (Å²) in [6, 6.07) is 20.1. The lowest BCUT2D eigenvalue weighted by molar-refractivity contribution is -0.384. The average Bonchev–Trinajstić information content (AvgIpc) is 3.31. The van der Waals surface area contributed by atoms with Crippen LogP contribution in [0.5, 0.6) is 0 Å². The average molecular weight is 443 g/mol. The number of para-hydroxylation sites is 1. The van der Waals surface area contributed by atoms with E-state index in [2.05, 4.69) is 0 Å².